The van der Waals surface area contributed by atoms with Crippen molar-refractivity contribution in [1.82, 2.24) is 5.32 Å². The summed E-state index contributed by atoms with van der Waals surface area (Å²) in [7, 11) is -3.05. The fourth-order valence-electron chi connectivity index (χ4n) is 2.68. The summed E-state index contributed by atoms with van der Waals surface area (Å²) in [4.78, 5) is 24.0. The van der Waals surface area contributed by atoms with Gasteiger partial charge in [-0.2, -0.15) is 0 Å². The number of rotatable bonds is 2. The Hall–Kier alpha value is -1.89. The summed E-state index contributed by atoms with van der Waals surface area (Å²) in [6, 6.07) is 6.60. The molecule has 1 aromatic rings. The molecule has 1 N–H and O–H groups in total. The van der Waals surface area contributed by atoms with E-state index in [9.17, 15) is 18.0 Å². The van der Waals surface area contributed by atoms with Crippen molar-refractivity contribution in [2.24, 2.45) is 0 Å². The van der Waals surface area contributed by atoms with Crippen molar-refractivity contribution in [3.8, 4) is 0 Å². The minimum absolute atomic E-state index is 0.0456. The molecule has 0 saturated carbocycles. The van der Waals surface area contributed by atoms with E-state index in [-0.39, 0.29) is 11.5 Å². The largest absolute Gasteiger partial charge is 0.448 e. The maximum absolute atomic E-state index is 12.1. The average molecular weight is 309 g/mol. The minimum Gasteiger partial charge on any atom is -0.448 e. The summed E-state index contributed by atoms with van der Waals surface area (Å²) < 4.78 is 27.9. The summed E-state index contributed by atoms with van der Waals surface area (Å²) in [5.74, 6) is -0.905. The Morgan fingerprint density at radius 2 is 2.05 bits per heavy atom. The highest BCUT2D eigenvalue weighted by Crippen LogP contribution is 2.21. The number of nitrogens with one attached hydrogen (secondary N) is 1. The standard InChI is InChI=1S/C14H15NO5S/c16-13(15-10-5-6-21(18,19)8-10)12-7-9-3-1-2-4-11(9)14(17)20-12/h1-4,10,12H,5-8H2,(H,15,16). The summed E-state index contributed by atoms with van der Waals surface area (Å²) in [6.45, 7) is 0. The molecule has 7 heteroatoms. The second kappa shape index (κ2) is 5.14. The number of carbonyl (C=O) groups is 2. The predicted molar refractivity (Wildman–Crippen MR) is 74.6 cm³/mol. The van der Waals surface area contributed by atoms with Gasteiger partial charge in [-0.15, -0.1) is 0 Å². The molecule has 1 fully saturated rings. The molecule has 2 atom stereocenters. The maximum Gasteiger partial charge on any atom is 0.339 e. The molecule has 0 aromatic heterocycles. The molecule has 112 valence electrons. The molecule has 3 rings (SSSR count). The van der Waals surface area contributed by atoms with Crippen LogP contribution in [0, 0.1) is 0 Å². The molecule has 2 aliphatic rings. The number of ether oxygens (including phenoxy) is 1. The van der Waals surface area contributed by atoms with Crippen LogP contribution in [-0.4, -0.2) is 43.9 Å². The van der Waals surface area contributed by atoms with Crippen molar-refractivity contribution >= 4 is 21.7 Å². The van der Waals surface area contributed by atoms with E-state index in [1.54, 1.807) is 24.3 Å². The average Bonchev–Trinajstić information content (AvgIpc) is 2.78. The van der Waals surface area contributed by atoms with Gasteiger partial charge in [-0.05, 0) is 18.1 Å². The quantitative estimate of drug-likeness (QED) is 0.781. The van der Waals surface area contributed by atoms with Crippen molar-refractivity contribution in [3.05, 3.63) is 35.4 Å². The highest BCUT2D eigenvalue weighted by atomic mass is 32.2. The van der Waals surface area contributed by atoms with E-state index in [1.807, 2.05) is 0 Å². The number of cyclic esters (lactones) is 1. The first-order chi connectivity index (χ1) is 9.94. The molecular formula is C14H15NO5S. The Bertz CT molecular complexity index is 697. The number of sulfone groups is 1. The summed E-state index contributed by atoms with van der Waals surface area (Å²) in [5.41, 5.74) is 1.25. The van der Waals surface area contributed by atoms with Crippen molar-refractivity contribution < 1.29 is 22.7 Å². The lowest BCUT2D eigenvalue weighted by molar-refractivity contribution is -0.130. The van der Waals surface area contributed by atoms with Crippen molar-refractivity contribution in [3.63, 3.8) is 0 Å². The van der Waals surface area contributed by atoms with Crippen LogP contribution in [0.2, 0.25) is 0 Å². The second-order valence-corrected chi connectivity index (χ2v) is 7.59. The fraction of sp³-hybridized carbons (Fsp3) is 0.429. The van der Waals surface area contributed by atoms with Crippen LogP contribution >= 0.6 is 0 Å². The molecule has 1 saturated heterocycles. The molecule has 0 spiro atoms. The Morgan fingerprint density at radius 1 is 1.29 bits per heavy atom. The molecule has 2 heterocycles. The van der Waals surface area contributed by atoms with E-state index in [4.69, 9.17) is 4.74 Å². The SMILES string of the molecule is O=C1OC(C(=O)NC2CCS(=O)(=O)C2)Cc2ccccc21. The van der Waals surface area contributed by atoms with Gasteiger partial charge in [0, 0.05) is 12.5 Å². The van der Waals surface area contributed by atoms with Crippen LogP contribution < -0.4 is 5.32 Å². The lowest BCUT2D eigenvalue weighted by Gasteiger charge is -2.24. The van der Waals surface area contributed by atoms with Gasteiger partial charge in [0.05, 0.1) is 17.1 Å². The summed E-state index contributed by atoms with van der Waals surface area (Å²) >= 11 is 0. The number of hydrogen-bond donors (Lipinski definition) is 1. The van der Waals surface area contributed by atoms with Crippen LogP contribution in [-0.2, 0) is 25.8 Å². The predicted octanol–water partition coefficient (Wildman–Crippen LogP) is 0.0714. The van der Waals surface area contributed by atoms with Gasteiger partial charge in [-0.1, -0.05) is 18.2 Å². The van der Waals surface area contributed by atoms with Gasteiger partial charge in [0.15, 0.2) is 15.9 Å². The minimum atomic E-state index is -3.05. The second-order valence-electron chi connectivity index (χ2n) is 5.36. The molecule has 0 radical (unpaired) electrons. The number of fused-ring (bicyclic) bond motifs is 1. The number of benzene rings is 1. The Morgan fingerprint density at radius 3 is 2.76 bits per heavy atom. The first-order valence-electron chi connectivity index (χ1n) is 6.74. The number of hydrogen-bond acceptors (Lipinski definition) is 5. The zero-order valence-electron chi connectivity index (χ0n) is 11.2. The van der Waals surface area contributed by atoms with Crippen molar-refractivity contribution in [2.75, 3.05) is 11.5 Å². The van der Waals surface area contributed by atoms with Crippen LogP contribution in [0.15, 0.2) is 24.3 Å². The molecule has 1 aromatic carbocycles. The van der Waals surface area contributed by atoms with Crippen LogP contribution in [0.25, 0.3) is 0 Å². The van der Waals surface area contributed by atoms with E-state index >= 15 is 0 Å². The monoisotopic (exact) mass is 309 g/mol. The number of carbonyl (C=O) groups excluding carboxylic acids is 2. The van der Waals surface area contributed by atoms with Gasteiger partial charge < -0.3 is 10.1 Å². The third kappa shape index (κ3) is 2.92. The molecule has 2 unspecified atom stereocenters. The van der Waals surface area contributed by atoms with Gasteiger partial charge in [-0.3, -0.25) is 4.79 Å². The highest BCUT2D eigenvalue weighted by molar-refractivity contribution is 7.91. The van der Waals surface area contributed by atoms with Crippen LogP contribution in [0.3, 0.4) is 0 Å². The Kier molecular flexibility index (Phi) is 3.44. The molecule has 2 aliphatic heterocycles. The Labute approximate surface area is 122 Å². The van der Waals surface area contributed by atoms with Gasteiger partial charge >= 0.3 is 5.97 Å². The van der Waals surface area contributed by atoms with Crippen LogP contribution in [0.4, 0.5) is 0 Å². The normalized spacial score (nSPS) is 26.8. The topological polar surface area (TPSA) is 89.5 Å². The first kappa shape index (κ1) is 14.1. The number of esters is 1. The molecule has 21 heavy (non-hydrogen) atoms. The van der Waals surface area contributed by atoms with Crippen molar-refractivity contribution in [1.29, 1.82) is 0 Å². The lowest BCUT2D eigenvalue weighted by atomic mass is 9.98. The third-order valence-electron chi connectivity index (χ3n) is 3.76. The molecule has 0 bridgehead atoms. The third-order valence-corrected chi connectivity index (χ3v) is 5.53. The molecule has 1 amide bonds. The van der Waals surface area contributed by atoms with E-state index in [2.05, 4.69) is 5.32 Å². The zero-order chi connectivity index (χ0) is 15.0. The summed E-state index contributed by atoms with van der Waals surface area (Å²) in [5, 5.41) is 2.66. The van der Waals surface area contributed by atoms with E-state index in [0.29, 0.717) is 18.4 Å². The lowest BCUT2D eigenvalue weighted by Crippen LogP contribution is -2.46. The smallest absolute Gasteiger partial charge is 0.339 e. The van der Waals surface area contributed by atoms with E-state index in [0.717, 1.165) is 5.56 Å². The fourth-order valence-corrected chi connectivity index (χ4v) is 4.35. The van der Waals surface area contributed by atoms with E-state index in [1.165, 1.54) is 0 Å². The highest BCUT2D eigenvalue weighted by Gasteiger charge is 2.34. The van der Waals surface area contributed by atoms with Gasteiger partial charge in [0.25, 0.3) is 5.91 Å². The van der Waals surface area contributed by atoms with Crippen molar-refractivity contribution in [2.45, 2.75) is 25.0 Å². The van der Waals surface area contributed by atoms with Crippen LogP contribution in [0.1, 0.15) is 22.3 Å². The van der Waals surface area contributed by atoms with Gasteiger partial charge in [0.2, 0.25) is 0 Å². The molecular weight excluding hydrogens is 294 g/mol. The number of amides is 1. The Balaban J connectivity index is 1.69. The van der Waals surface area contributed by atoms with Crippen LogP contribution in [0.5, 0.6) is 0 Å². The van der Waals surface area contributed by atoms with Gasteiger partial charge in [-0.25, -0.2) is 13.2 Å². The first-order valence-corrected chi connectivity index (χ1v) is 8.56. The molecule has 0 aliphatic carbocycles. The summed E-state index contributed by atoms with van der Waals surface area (Å²) in [6.07, 6.45) is -0.172. The van der Waals surface area contributed by atoms with Gasteiger partial charge in [0.1, 0.15) is 0 Å². The zero-order valence-corrected chi connectivity index (χ0v) is 12.1. The van der Waals surface area contributed by atoms with E-state index < -0.39 is 33.9 Å². The molecule has 6 nitrogen and oxygen atoms in total. The maximum atomic E-state index is 12.1.